The molecule has 0 spiro atoms. The van der Waals surface area contributed by atoms with Gasteiger partial charge in [-0.1, -0.05) is 11.6 Å². The lowest BCUT2D eigenvalue weighted by molar-refractivity contribution is -0.115. The smallest absolute Gasteiger partial charge is 0.282 e. The van der Waals surface area contributed by atoms with E-state index in [1.54, 1.807) is 42.6 Å². The fourth-order valence-corrected chi connectivity index (χ4v) is 4.60. The highest BCUT2D eigenvalue weighted by atomic mass is 35.5. The largest absolute Gasteiger partial charge is 0.488 e. The number of ketones is 1. The number of carbonyl (C=O) groups is 2. The van der Waals surface area contributed by atoms with Crippen molar-refractivity contribution in [3.05, 3.63) is 76.6 Å². The number of allylic oxidation sites excluding steroid dienone is 1. The number of hydrogen-bond donors (Lipinski definition) is 1. The van der Waals surface area contributed by atoms with Gasteiger partial charge in [0, 0.05) is 36.4 Å². The van der Waals surface area contributed by atoms with Crippen LogP contribution in [0.3, 0.4) is 0 Å². The van der Waals surface area contributed by atoms with Gasteiger partial charge >= 0.3 is 0 Å². The summed E-state index contributed by atoms with van der Waals surface area (Å²) in [5.74, 6) is -2.30. The third-order valence-electron chi connectivity index (χ3n) is 6.27. The Balaban J connectivity index is 1.19. The van der Waals surface area contributed by atoms with E-state index in [4.69, 9.17) is 22.1 Å². The predicted octanol–water partition coefficient (Wildman–Crippen LogP) is 4.84. The van der Waals surface area contributed by atoms with Crippen LogP contribution in [0.5, 0.6) is 5.75 Å². The SMILES string of the molecule is Nc1ccc(/C=C/C(=O)CCC2Cc3cc(-c4ccc(C(=O)N5CC(F)(F)C5)cn4)cc(Cl)c3O2)cn1. The van der Waals surface area contributed by atoms with E-state index < -0.39 is 24.9 Å². The van der Waals surface area contributed by atoms with Crippen molar-refractivity contribution in [1.82, 2.24) is 14.9 Å². The van der Waals surface area contributed by atoms with Crippen molar-refractivity contribution >= 4 is 35.2 Å². The van der Waals surface area contributed by atoms with Crippen LogP contribution in [-0.2, 0) is 11.2 Å². The molecule has 1 saturated heterocycles. The van der Waals surface area contributed by atoms with Crippen molar-refractivity contribution in [2.24, 2.45) is 0 Å². The van der Waals surface area contributed by atoms with Gasteiger partial charge in [-0.2, -0.15) is 0 Å². The summed E-state index contributed by atoms with van der Waals surface area (Å²) in [6.45, 7) is -1.14. The number of benzene rings is 1. The van der Waals surface area contributed by atoms with Gasteiger partial charge in [0.25, 0.3) is 11.8 Å². The van der Waals surface area contributed by atoms with Gasteiger partial charge in [0.15, 0.2) is 5.78 Å². The van der Waals surface area contributed by atoms with E-state index in [9.17, 15) is 18.4 Å². The Morgan fingerprint density at radius 3 is 2.65 bits per heavy atom. The zero-order chi connectivity index (χ0) is 26.2. The summed E-state index contributed by atoms with van der Waals surface area (Å²) >= 11 is 6.48. The molecule has 2 aliphatic rings. The van der Waals surface area contributed by atoms with Crippen molar-refractivity contribution in [2.45, 2.75) is 31.3 Å². The molecule has 2 N–H and O–H groups in total. The van der Waals surface area contributed by atoms with E-state index in [0.29, 0.717) is 41.5 Å². The van der Waals surface area contributed by atoms with Crippen LogP contribution in [0.2, 0.25) is 5.02 Å². The van der Waals surface area contributed by atoms with Gasteiger partial charge in [-0.25, -0.2) is 13.8 Å². The highest BCUT2D eigenvalue weighted by molar-refractivity contribution is 6.32. The number of aromatic nitrogens is 2. The van der Waals surface area contributed by atoms with E-state index in [2.05, 4.69) is 9.97 Å². The van der Waals surface area contributed by atoms with Gasteiger partial charge in [-0.05, 0) is 60.5 Å². The number of nitrogen functional groups attached to an aromatic ring is 1. The summed E-state index contributed by atoms with van der Waals surface area (Å²) < 4.78 is 32.1. The number of pyridine rings is 2. The quantitative estimate of drug-likeness (QED) is 0.444. The van der Waals surface area contributed by atoms with Gasteiger partial charge in [0.2, 0.25) is 0 Å². The molecule has 37 heavy (non-hydrogen) atoms. The van der Waals surface area contributed by atoms with Gasteiger partial charge in [-0.3, -0.25) is 14.6 Å². The molecule has 0 radical (unpaired) electrons. The summed E-state index contributed by atoms with van der Waals surface area (Å²) in [4.78, 5) is 34.1. The number of carbonyl (C=O) groups excluding carboxylic acids is 2. The molecular weight excluding hydrogens is 502 g/mol. The highest BCUT2D eigenvalue weighted by Gasteiger charge is 2.46. The fraction of sp³-hybridized carbons (Fsp3) is 0.259. The summed E-state index contributed by atoms with van der Waals surface area (Å²) in [5.41, 5.74) is 8.86. The minimum Gasteiger partial charge on any atom is -0.488 e. The Kier molecular flexibility index (Phi) is 6.64. The number of nitrogens with two attached hydrogens (primary N) is 1. The molecule has 0 aliphatic carbocycles. The molecule has 1 atom stereocenters. The number of fused-ring (bicyclic) bond motifs is 1. The van der Waals surface area contributed by atoms with Gasteiger partial charge in [-0.15, -0.1) is 0 Å². The second-order valence-corrected chi connectivity index (χ2v) is 9.60. The van der Waals surface area contributed by atoms with Crippen molar-refractivity contribution in [2.75, 3.05) is 18.8 Å². The third-order valence-corrected chi connectivity index (χ3v) is 6.55. The monoisotopic (exact) mass is 524 g/mol. The van der Waals surface area contributed by atoms with Crippen LogP contribution in [0.15, 0.2) is 54.9 Å². The summed E-state index contributed by atoms with van der Waals surface area (Å²) in [5, 5.41) is 0.432. The first-order valence-corrected chi connectivity index (χ1v) is 12.1. The van der Waals surface area contributed by atoms with Crippen LogP contribution >= 0.6 is 11.6 Å². The number of hydrogen-bond acceptors (Lipinski definition) is 6. The van der Waals surface area contributed by atoms with E-state index in [1.165, 1.54) is 12.3 Å². The molecule has 1 aromatic carbocycles. The molecule has 5 rings (SSSR count). The number of likely N-dealkylation sites (tertiary alicyclic amines) is 1. The number of amides is 1. The lowest BCUT2D eigenvalue weighted by atomic mass is 10.0. The van der Waals surface area contributed by atoms with Gasteiger partial charge in [0.05, 0.1) is 29.4 Å². The molecule has 10 heteroatoms. The Bertz CT molecular complexity index is 1370. The van der Waals surface area contributed by atoms with Crippen LogP contribution < -0.4 is 10.5 Å². The van der Waals surface area contributed by atoms with E-state index in [1.807, 2.05) is 6.07 Å². The van der Waals surface area contributed by atoms with Crippen molar-refractivity contribution in [3.63, 3.8) is 0 Å². The molecule has 3 aromatic rings. The summed E-state index contributed by atoms with van der Waals surface area (Å²) in [6, 6.07) is 10.4. The fourth-order valence-electron chi connectivity index (χ4n) is 4.32. The number of halogens is 3. The predicted molar refractivity (Wildman–Crippen MR) is 136 cm³/mol. The van der Waals surface area contributed by atoms with Gasteiger partial charge in [0.1, 0.15) is 17.7 Å². The number of rotatable bonds is 7. The molecule has 2 aliphatic heterocycles. The number of nitrogens with zero attached hydrogens (tertiary/aromatic N) is 3. The van der Waals surface area contributed by atoms with Crippen molar-refractivity contribution < 1.29 is 23.1 Å². The lowest BCUT2D eigenvalue weighted by Crippen LogP contribution is -2.58. The Labute approximate surface area is 216 Å². The molecule has 4 heterocycles. The standard InChI is InChI=1S/C27H23ClF2N4O3/c28-22-11-18(23-7-3-17(13-32-23)26(36)34-14-27(29,30)15-34)9-19-10-21(37-25(19)22)6-5-20(35)4-1-16-2-8-24(31)33-12-16/h1-4,7-9,11-13,21H,5-6,10,14-15H2,(H2,31,33)/b4-1+. The number of anilines is 1. The first-order chi connectivity index (χ1) is 17.7. The Morgan fingerprint density at radius 2 is 1.97 bits per heavy atom. The minimum absolute atomic E-state index is 0.0241. The first kappa shape index (κ1) is 24.8. The minimum atomic E-state index is -2.82. The number of ether oxygens (including phenoxy) is 1. The Hall–Kier alpha value is -3.85. The maximum atomic E-state index is 13.1. The van der Waals surface area contributed by atoms with Crippen LogP contribution in [0, 0.1) is 0 Å². The maximum absolute atomic E-state index is 13.1. The first-order valence-electron chi connectivity index (χ1n) is 11.7. The average Bonchev–Trinajstić information content (AvgIpc) is 3.29. The highest BCUT2D eigenvalue weighted by Crippen LogP contribution is 2.40. The zero-order valence-corrected chi connectivity index (χ0v) is 20.4. The summed E-state index contributed by atoms with van der Waals surface area (Å²) in [7, 11) is 0. The topological polar surface area (TPSA) is 98.4 Å². The van der Waals surface area contributed by atoms with Gasteiger partial charge < -0.3 is 15.4 Å². The molecule has 190 valence electrons. The van der Waals surface area contributed by atoms with E-state index in [-0.39, 0.29) is 17.5 Å². The Morgan fingerprint density at radius 1 is 1.16 bits per heavy atom. The molecule has 7 nitrogen and oxygen atoms in total. The molecule has 0 saturated carbocycles. The van der Waals surface area contributed by atoms with Crippen LogP contribution in [0.4, 0.5) is 14.6 Å². The summed E-state index contributed by atoms with van der Waals surface area (Å²) in [6.07, 6.45) is 7.48. The normalized spacial score (nSPS) is 17.8. The molecule has 2 aromatic heterocycles. The average molecular weight is 525 g/mol. The van der Waals surface area contributed by atoms with Crippen LogP contribution in [0.1, 0.15) is 34.3 Å². The molecule has 1 fully saturated rings. The number of alkyl halides is 2. The van der Waals surface area contributed by atoms with E-state index in [0.717, 1.165) is 21.6 Å². The van der Waals surface area contributed by atoms with Crippen LogP contribution in [-0.4, -0.2) is 51.7 Å². The maximum Gasteiger partial charge on any atom is 0.282 e. The van der Waals surface area contributed by atoms with Crippen LogP contribution in [0.25, 0.3) is 17.3 Å². The third kappa shape index (κ3) is 5.61. The van der Waals surface area contributed by atoms with E-state index >= 15 is 0 Å². The second kappa shape index (κ2) is 9.89. The molecule has 1 unspecified atom stereocenters. The second-order valence-electron chi connectivity index (χ2n) is 9.19. The molecule has 1 amide bonds. The van der Waals surface area contributed by atoms with Crippen molar-refractivity contribution in [1.29, 1.82) is 0 Å². The molecule has 0 bridgehead atoms. The molecular formula is C27H23ClF2N4O3. The lowest BCUT2D eigenvalue weighted by Gasteiger charge is -2.38. The van der Waals surface area contributed by atoms with Crippen molar-refractivity contribution in [3.8, 4) is 17.0 Å². The zero-order valence-electron chi connectivity index (χ0n) is 19.7.